The van der Waals surface area contributed by atoms with Gasteiger partial charge in [-0.2, -0.15) is 0 Å². The first-order chi connectivity index (χ1) is 9.33. The van der Waals surface area contributed by atoms with Crippen molar-refractivity contribution in [2.24, 2.45) is 0 Å². The molecule has 2 rings (SSSR count). The molecule has 0 spiro atoms. The van der Waals surface area contributed by atoms with Crippen LogP contribution in [0.5, 0.6) is 0 Å². The number of hydrogen-bond acceptors (Lipinski definition) is 3. The molecule has 1 aliphatic carbocycles. The van der Waals surface area contributed by atoms with Crippen LogP contribution < -0.4 is 5.32 Å². The SMILES string of the molecule is CCNCc1ccc(CN(CCOC)C2CC2)cc1. The normalized spacial score (nSPS) is 15.1. The molecule has 0 unspecified atom stereocenters. The first kappa shape index (κ1) is 14.5. The first-order valence-corrected chi connectivity index (χ1v) is 7.35. The zero-order chi connectivity index (χ0) is 13.5. The van der Waals surface area contributed by atoms with E-state index in [4.69, 9.17) is 4.74 Å². The van der Waals surface area contributed by atoms with Crippen molar-refractivity contribution in [2.75, 3.05) is 26.8 Å². The van der Waals surface area contributed by atoms with Crippen molar-refractivity contribution >= 4 is 0 Å². The summed E-state index contributed by atoms with van der Waals surface area (Å²) in [5, 5.41) is 3.35. The lowest BCUT2D eigenvalue weighted by Crippen LogP contribution is -2.29. The van der Waals surface area contributed by atoms with Crippen molar-refractivity contribution in [3.8, 4) is 0 Å². The van der Waals surface area contributed by atoms with Crippen LogP contribution in [0.1, 0.15) is 30.9 Å². The second kappa shape index (κ2) is 7.63. The number of benzene rings is 1. The van der Waals surface area contributed by atoms with Crippen LogP contribution in [0.15, 0.2) is 24.3 Å². The molecule has 0 aliphatic heterocycles. The van der Waals surface area contributed by atoms with Crippen LogP contribution in [0.4, 0.5) is 0 Å². The maximum absolute atomic E-state index is 5.20. The molecule has 0 radical (unpaired) electrons. The Morgan fingerprint density at radius 1 is 1.21 bits per heavy atom. The third-order valence-corrected chi connectivity index (χ3v) is 3.63. The van der Waals surface area contributed by atoms with Crippen LogP contribution in [0, 0.1) is 0 Å². The Morgan fingerprint density at radius 3 is 2.47 bits per heavy atom. The lowest BCUT2D eigenvalue weighted by atomic mass is 10.1. The summed E-state index contributed by atoms with van der Waals surface area (Å²) in [5.41, 5.74) is 2.77. The molecule has 106 valence electrons. The highest BCUT2D eigenvalue weighted by Crippen LogP contribution is 2.28. The molecule has 1 N–H and O–H groups in total. The number of ether oxygens (including phenoxy) is 1. The quantitative estimate of drug-likeness (QED) is 0.739. The van der Waals surface area contributed by atoms with Crippen molar-refractivity contribution in [3.63, 3.8) is 0 Å². The minimum absolute atomic E-state index is 0.789. The molecule has 0 heterocycles. The number of rotatable bonds is 9. The lowest BCUT2D eigenvalue weighted by molar-refractivity contribution is 0.139. The van der Waals surface area contributed by atoms with Gasteiger partial charge in [0.1, 0.15) is 0 Å². The van der Waals surface area contributed by atoms with Crippen molar-refractivity contribution in [3.05, 3.63) is 35.4 Å². The van der Waals surface area contributed by atoms with Gasteiger partial charge in [-0.1, -0.05) is 31.2 Å². The largest absolute Gasteiger partial charge is 0.383 e. The van der Waals surface area contributed by atoms with Gasteiger partial charge in [-0.05, 0) is 30.5 Å². The zero-order valence-corrected chi connectivity index (χ0v) is 12.2. The van der Waals surface area contributed by atoms with Gasteiger partial charge in [-0.15, -0.1) is 0 Å². The predicted octanol–water partition coefficient (Wildman–Crippen LogP) is 2.41. The molecule has 0 saturated heterocycles. The average molecular weight is 262 g/mol. The summed E-state index contributed by atoms with van der Waals surface area (Å²) in [5.74, 6) is 0. The summed E-state index contributed by atoms with van der Waals surface area (Å²) in [6, 6.07) is 9.78. The minimum atomic E-state index is 0.789. The fourth-order valence-corrected chi connectivity index (χ4v) is 2.31. The van der Waals surface area contributed by atoms with Crippen molar-refractivity contribution in [1.29, 1.82) is 0 Å². The standard InChI is InChI=1S/C16H26N2O/c1-3-17-12-14-4-6-15(7-5-14)13-18(10-11-19-2)16-8-9-16/h4-7,16-17H,3,8-13H2,1-2H3. The van der Waals surface area contributed by atoms with Crippen LogP contribution in [0.3, 0.4) is 0 Å². The van der Waals surface area contributed by atoms with Crippen LogP contribution >= 0.6 is 0 Å². The number of methoxy groups -OCH3 is 1. The van der Waals surface area contributed by atoms with Gasteiger partial charge in [0, 0.05) is 32.8 Å². The Morgan fingerprint density at radius 2 is 1.89 bits per heavy atom. The van der Waals surface area contributed by atoms with Crippen molar-refractivity contribution < 1.29 is 4.74 Å². The molecule has 19 heavy (non-hydrogen) atoms. The molecular formula is C16H26N2O. The van der Waals surface area contributed by atoms with E-state index in [-0.39, 0.29) is 0 Å². The van der Waals surface area contributed by atoms with Gasteiger partial charge in [0.15, 0.2) is 0 Å². The summed E-state index contributed by atoms with van der Waals surface area (Å²) in [6.45, 7) is 7.05. The Bertz CT molecular complexity index is 360. The Hall–Kier alpha value is -0.900. The summed E-state index contributed by atoms with van der Waals surface area (Å²) in [6.07, 6.45) is 2.70. The number of nitrogens with one attached hydrogen (secondary N) is 1. The topological polar surface area (TPSA) is 24.5 Å². The molecule has 1 aromatic rings. The molecule has 0 atom stereocenters. The summed E-state index contributed by atoms with van der Waals surface area (Å²) in [4.78, 5) is 2.54. The van der Waals surface area contributed by atoms with Gasteiger partial charge in [0.2, 0.25) is 0 Å². The third-order valence-electron chi connectivity index (χ3n) is 3.63. The van der Waals surface area contributed by atoms with Gasteiger partial charge < -0.3 is 10.1 Å². The van der Waals surface area contributed by atoms with Gasteiger partial charge >= 0.3 is 0 Å². The maximum atomic E-state index is 5.20. The van der Waals surface area contributed by atoms with E-state index >= 15 is 0 Å². The van der Waals surface area contributed by atoms with E-state index in [1.54, 1.807) is 7.11 Å². The molecule has 0 amide bonds. The fraction of sp³-hybridized carbons (Fsp3) is 0.625. The Kier molecular flexibility index (Phi) is 5.83. The van der Waals surface area contributed by atoms with Crippen LogP contribution in [-0.2, 0) is 17.8 Å². The van der Waals surface area contributed by atoms with E-state index in [1.807, 2.05) is 0 Å². The summed E-state index contributed by atoms with van der Waals surface area (Å²) >= 11 is 0. The summed E-state index contributed by atoms with van der Waals surface area (Å²) < 4.78 is 5.20. The second-order valence-corrected chi connectivity index (χ2v) is 5.29. The van der Waals surface area contributed by atoms with E-state index in [1.165, 1.54) is 24.0 Å². The van der Waals surface area contributed by atoms with E-state index in [0.717, 1.165) is 38.8 Å². The molecule has 1 fully saturated rings. The highest BCUT2D eigenvalue weighted by molar-refractivity contribution is 5.22. The van der Waals surface area contributed by atoms with Crippen molar-refractivity contribution in [2.45, 2.75) is 38.9 Å². The van der Waals surface area contributed by atoms with Crippen molar-refractivity contribution in [1.82, 2.24) is 10.2 Å². The highest BCUT2D eigenvalue weighted by Gasteiger charge is 2.28. The third kappa shape index (κ3) is 4.94. The van der Waals surface area contributed by atoms with E-state index in [0.29, 0.717) is 0 Å². The fourth-order valence-electron chi connectivity index (χ4n) is 2.31. The van der Waals surface area contributed by atoms with E-state index in [2.05, 4.69) is 41.4 Å². The van der Waals surface area contributed by atoms with E-state index < -0.39 is 0 Å². The first-order valence-electron chi connectivity index (χ1n) is 7.35. The smallest absolute Gasteiger partial charge is 0.0589 e. The molecule has 1 aromatic carbocycles. The van der Waals surface area contributed by atoms with Crippen LogP contribution in [0.2, 0.25) is 0 Å². The predicted molar refractivity (Wildman–Crippen MR) is 79.1 cm³/mol. The second-order valence-electron chi connectivity index (χ2n) is 5.29. The lowest BCUT2D eigenvalue weighted by Gasteiger charge is -2.21. The highest BCUT2D eigenvalue weighted by atomic mass is 16.5. The van der Waals surface area contributed by atoms with Gasteiger partial charge in [0.25, 0.3) is 0 Å². The summed E-state index contributed by atoms with van der Waals surface area (Å²) in [7, 11) is 1.78. The Balaban J connectivity index is 1.86. The molecular weight excluding hydrogens is 236 g/mol. The Labute approximate surface area is 116 Å². The monoisotopic (exact) mass is 262 g/mol. The average Bonchev–Trinajstić information content (AvgIpc) is 3.27. The molecule has 0 aromatic heterocycles. The number of nitrogens with zero attached hydrogens (tertiary/aromatic N) is 1. The molecule has 1 aliphatic rings. The molecule has 0 bridgehead atoms. The zero-order valence-electron chi connectivity index (χ0n) is 12.2. The minimum Gasteiger partial charge on any atom is -0.383 e. The van der Waals surface area contributed by atoms with Gasteiger partial charge in [-0.3, -0.25) is 4.90 Å². The van der Waals surface area contributed by atoms with Gasteiger partial charge in [0.05, 0.1) is 6.61 Å². The van der Waals surface area contributed by atoms with Gasteiger partial charge in [-0.25, -0.2) is 0 Å². The molecule has 3 nitrogen and oxygen atoms in total. The number of hydrogen-bond donors (Lipinski definition) is 1. The van der Waals surface area contributed by atoms with Crippen LogP contribution in [-0.4, -0.2) is 37.7 Å². The molecule has 1 saturated carbocycles. The maximum Gasteiger partial charge on any atom is 0.0589 e. The molecule has 3 heteroatoms. The van der Waals surface area contributed by atoms with E-state index in [9.17, 15) is 0 Å². The van der Waals surface area contributed by atoms with Crippen LogP contribution in [0.25, 0.3) is 0 Å².